The molecular formula is C16H19Cl2NO5S. The summed E-state index contributed by atoms with van der Waals surface area (Å²) in [4.78, 5) is 12.3. The molecule has 0 N–H and O–H groups in total. The van der Waals surface area contributed by atoms with E-state index < -0.39 is 20.3 Å². The van der Waals surface area contributed by atoms with E-state index in [0.717, 1.165) is 0 Å². The highest BCUT2D eigenvalue weighted by Crippen LogP contribution is 2.53. The number of morpholine rings is 1. The van der Waals surface area contributed by atoms with Crippen molar-refractivity contribution in [1.29, 1.82) is 0 Å². The lowest BCUT2D eigenvalue weighted by Gasteiger charge is -2.26. The predicted molar refractivity (Wildman–Crippen MR) is 93.6 cm³/mol. The molecule has 1 atom stereocenters. The van der Waals surface area contributed by atoms with E-state index in [1.54, 1.807) is 19.1 Å². The molecule has 1 aliphatic carbocycles. The summed E-state index contributed by atoms with van der Waals surface area (Å²) < 4.78 is 36.6. The first kappa shape index (κ1) is 18.9. The monoisotopic (exact) mass is 407 g/mol. The minimum atomic E-state index is -3.68. The van der Waals surface area contributed by atoms with E-state index >= 15 is 0 Å². The molecule has 1 heterocycles. The number of ether oxygens (including phenoxy) is 2. The number of halogens is 2. The van der Waals surface area contributed by atoms with Crippen LogP contribution in [0.2, 0.25) is 0 Å². The number of benzene rings is 1. The molecule has 1 saturated carbocycles. The molecule has 3 rings (SSSR count). The lowest BCUT2D eigenvalue weighted by atomic mass is 10.1. The van der Waals surface area contributed by atoms with Gasteiger partial charge in [-0.2, -0.15) is 4.31 Å². The van der Waals surface area contributed by atoms with Crippen molar-refractivity contribution in [3.05, 3.63) is 29.3 Å². The highest BCUT2D eigenvalue weighted by Gasteiger charge is 2.52. The van der Waals surface area contributed by atoms with E-state index in [1.165, 1.54) is 10.4 Å². The van der Waals surface area contributed by atoms with Gasteiger partial charge in [-0.25, -0.2) is 13.2 Å². The molecular weight excluding hydrogens is 389 g/mol. The average Bonchev–Trinajstić information content (AvgIpc) is 3.20. The van der Waals surface area contributed by atoms with Crippen molar-refractivity contribution in [2.24, 2.45) is 5.92 Å². The lowest BCUT2D eigenvalue weighted by Crippen LogP contribution is -2.40. The van der Waals surface area contributed by atoms with Crippen molar-refractivity contribution in [3.8, 4) is 0 Å². The quantitative estimate of drug-likeness (QED) is 0.553. The molecule has 0 amide bonds. The zero-order chi connectivity index (χ0) is 18.2. The molecule has 138 valence electrons. The highest BCUT2D eigenvalue weighted by atomic mass is 35.5. The predicted octanol–water partition coefficient (Wildman–Crippen LogP) is 2.37. The van der Waals surface area contributed by atoms with Crippen LogP contribution in [0.25, 0.3) is 0 Å². The molecule has 1 aromatic carbocycles. The van der Waals surface area contributed by atoms with Crippen molar-refractivity contribution in [1.82, 2.24) is 4.31 Å². The number of rotatable bonds is 5. The number of hydrogen-bond donors (Lipinski definition) is 0. The summed E-state index contributed by atoms with van der Waals surface area (Å²) in [6.07, 6.45) is 0.577. The number of alkyl halides is 2. The summed E-state index contributed by atoms with van der Waals surface area (Å²) >= 11 is 11.8. The summed E-state index contributed by atoms with van der Waals surface area (Å²) in [6.45, 7) is 3.13. The van der Waals surface area contributed by atoms with E-state index in [2.05, 4.69) is 0 Å². The first-order valence-corrected chi connectivity index (χ1v) is 10.1. The minimum absolute atomic E-state index is 0.0817. The summed E-state index contributed by atoms with van der Waals surface area (Å²) in [6, 6.07) is 4.52. The maximum Gasteiger partial charge on any atom is 0.338 e. The first-order valence-electron chi connectivity index (χ1n) is 7.95. The molecule has 1 saturated heterocycles. The summed E-state index contributed by atoms with van der Waals surface area (Å²) in [7, 11) is -3.68. The van der Waals surface area contributed by atoms with Crippen LogP contribution in [0.1, 0.15) is 22.3 Å². The largest absolute Gasteiger partial charge is 0.462 e. The Labute approximate surface area is 157 Å². The van der Waals surface area contributed by atoms with E-state index in [-0.39, 0.29) is 23.0 Å². The van der Waals surface area contributed by atoms with Gasteiger partial charge in [0, 0.05) is 19.0 Å². The Bertz CT molecular complexity index is 775. The standard InChI is InChI=1S/C16H19Cl2NO5S/c1-11-2-3-12(15(20)24-10-13-9-16(13,17)18)8-14(11)25(21,22)19-4-6-23-7-5-19/h2-3,8,13H,4-7,9-10H2,1H3/t13-/m1/s1. The van der Waals surface area contributed by atoms with Gasteiger partial charge in [0.15, 0.2) is 0 Å². The van der Waals surface area contributed by atoms with Crippen LogP contribution in [0.3, 0.4) is 0 Å². The Hall–Kier alpha value is -0.860. The van der Waals surface area contributed by atoms with Gasteiger partial charge in [-0.15, -0.1) is 23.2 Å². The number of carbonyl (C=O) groups is 1. The number of nitrogens with zero attached hydrogens (tertiary/aromatic N) is 1. The fourth-order valence-electron chi connectivity index (χ4n) is 2.64. The van der Waals surface area contributed by atoms with Crippen molar-refractivity contribution >= 4 is 39.2 Å². The van der Waals surface area contributed by atoms with Gasteiger partial charge in [0.25, 0.3) is 0 Å². The maximum atomic E-state index is 12.8. The van der Waals surface area contributed by atoms with Gasteiger partial charge in [0.1, 0.15) is 4.33 Å². The number of hydrogen-bond acceptors (Lipinski definition) is 5. The van der Waals surface area contributed by atoms with Crippen LogP contribution in [0, 0.1) is 12.8 Å². The number of sulfonamides is 1. The van der Waals surface area contributed by atoms with Gasteiger partial charge in [0.05, 0.1) is 30.3 Å². The van der Waals surface area contributed by atoms with E-state index in [4.69, 9.17) is 32.7 Å². The molecule has 0 radical (unpaired) electrons. The molecule has 0 aromatic heterocycles. The third-order valence-corrected chi connectivity index (χ3v) is 7.35. The van der Waals surface area contributed by atoms with Gasteiger partial charge < -0.3 is 9.47 Å². The Morgan fingerprint density at radius 3 is 2.60 bits per heavy atom. The van der Waals surface area contributed by atoms with Crippen LogP contribution >= 0.6 is 23.2 Å². The molecule has 0 spiro atoms. The van der Waals surface area contributed by atoms with Crippen LogP contribution in [0.5, 0.6) is 0 Å². The van der Waals surface area contributed by atoms with E-state index in [0.29, 0.717) is 38.3 Å². The molecule has 25 heavy (non-hydrogen) atoms. The number of carbonyl (C=O) groups excluding carboxylic acids is 1. The Kier molecular flexibility index (Phi) is 5.33. The minimum Gasteiger partial charge on any atom is -0.462 e. The smallest absolute Gasteiger partial charge is 0.338 e. The van der Waals surface area contributed by atoms with Crippen molar-refractivity contribution in [2.45, 2.75) is 22.6 Å². The first-order chi connectivity index (χ1) is 11.7. The Morgan fingerprint density at radius 1 is 1.36 bits per heavy atom. The van der Waals surface area contributed by atoms with Gasteiger partial charge in [-0.3, -0.25) is 0 Å². The Balaban J connectivity index is 1.76. The van der Waals surface area contributed by atoms with Crippen LogP contribution in [0.15, 0.2) is 23.1 Å². The third-order valence-electron chi connectivity index (χ3n) is 4.38. The van der Waals surface area contributed by atoms with Crippen LogP contribution in [-0.2, 0) is 19.5 Å². The van der Waals surface area contributed by atoms with Crippen molar-refractivity contribution in [3.63, 3.8) is 0 Å². The molecule has 1 aliphatic heterocycles. The maximum absolute atomic E-state index is 12.8. The second-order valence-corrected chi connectivity index (χ2v) is 9.71. The summed E-state index contributed by atoms with van der Waals surface area (Å²) in [5, 5.41) is 0. The Morgan fingerprint density at radius 2 is 2.00 bits per heavy atom. The second-order valence-electron chi connectivity index (χ2n) is 6.26. The van der Waals surface area contributed by atoms with Crippen molar-refractivity contribution < 1.29 is 22.7 Å². The van der Waals surface area contributed by atoms with E-state index in [1.807, 2.05) is 0 Å². The molecule has 1 aromatic rings. The fraction of sp³-hybridized carbons (Fsp3) is 0.562. The molecule has 0 unspecified atom stereocenters. The fourth-order valence-corrected chi connectivity index (χ4v) is 4.80. The number of esters is 1. The van der Waals surface area contributed by atoms with Gasteiger partial charge in [-0.1, -0.05) is 6.07 Å². The molecule has 9 heteroatoms. The SMILES string of the molecule is Cc1ccc(C(=O)OC[C@H]2CC2(Cl)Cl)cc1S(=O)(=O)N1CCOCC1. The van der Waals surface area contributed by atoms with Crippen LogP contribution < -0.4 is 0 Å². The topological polar surface area (TPSA) is 72.9 Å². The molecule has 2 fully saturated rings. The normalized spacial score (nSPS) is 23.2. The molecule has 6 nitrogen and oxygen atoms in total. The van der Waals surface area contributed by atoms with Gasteiger partial charge in [-0.05, 0) is 31.0 Å². The summed E-state index contributed by atoms with van der Waals surface area (Å²) in [5.74, 6) is -0.670. The zero-order valence-electron chi connectivity index (χ0n) is 13.7. The number of aryl methyl sites for hydroxylation is 1. The highest BCUT2D eigenvalue weighted by molar-refractivity contribution is 7.89. The molecule has 0 bridgehead atoms. The van der Waals surface area contributed by atoms with Crippen LogP contribution in [0.4, 0.5) is 0 Å². The third kappa shape index (κ3) is 4.11. The van der Waals surface area contributed by atoms with Gasteiger partial charge >= 0.3 is 5.97 Å². The van der Waals surface area contributed by atoms with Crippen molar-refractivity contribution in [2.75, 3.05) is 32.9 Å². The lowest BCUT2D eigenvalue weighted by molar-refractivity contribution is 0.0485. The summed E-state index contributed by atoms with van der Waals surface area (Å²) in [5.41, 5.74) is 0.763. The van der Waals surface area contributed by atoms with Gasteiger partial charge in [0.2, 0.25) is 10.0 Å². The zero-order valence-corrected chi connectivity index (χ0v) is 16.0. The van der Waals surface area contributed by atoms with E-state index in [9.17, 15) is 13.2 Å². The molecule has 2 aliphatic rings. The average molecular weight is 408 g/mol. The van der Waals surface area contributed by atoms with Crippen LogP contribution in [-0.4, -0.2) is 55.9 Å². The second kappa shape index (κ2) is 7.04.